The normalized spacial score (nSPS) is 12.0. The molecule has 0 aliphatic rings. The van der Waals surface area contributed by atoms with E-state index in [1.54, 1.807) is 32.4 Å². The number of Topliss-reactive ketones (excluding diaryl/α,β-unsaturated/α-hetero) is 1. The number of benzene rings is 1. The van der Waals surface area contributed by atoms with Crippen molar-refractivity contribution in [1.82, 2.24) is 0 Å². The first-order valence-electron chi connectivity index (χ1n) is 5.89. The van der Waals surface area contributed by atoms with Gasteiger partial charge in [-0.1, -0.05) is 13.0 Å². The second-order valence-electron chi connectivity index (χ2n) is 4.09. The number of rotatable bonds is 7. The highest BCUT2D eigenvalue weighted by Gasteiger charge is 2.21. The fourth-order valence-electron chi connectivity index (χ4n) is 1.77. The third-order valence-corrected chi connectivity index (χ3v) is 2.87. The number of hydrogen-bond acceptors (Lipinski definition) is 4. The first-order valence-corrected chi connectivity index (χ1v) is 5.89. The summed E-state index contributed by atoms with van der Waals surface area (Å²) in [5.41, 5.74) is 0.556. The van der Waals surface area contributed by atoms with Crippen LogP contribution in [0.2, 0.25) is 0 Å². The molecule has 1 rings (SSSR count). The van der Waals surface area contributed by atoms with Crippen LogP contribution in [-0.2, 0) is 4.74 Å². The molecule has 1 atom stereocenters. The zero-order chi connectivity index (χ0) is 13.5. The molecule has 1 aromatic rings. The van der Waals surface area contributed by atoms with E-state index >= 15 is 0 Å². The average molecular weight is 252 g/mol. The topological polar surface area (TPSA) is 44.8 Å². The first-order chi connectivity index (χ1) is 8.65. The second kappa shape index (κ2) is 7.01. The van der Waals surface area contributed by atoms with Gasteiger partial charge in [0.2, 0.25) is 0 Å². The number of para-hydroxylation sites is 1. The molecule has 1 unspecified atom stereocenters. The van der Waals surface area contributed by atoms with Crippen LogP contribution in [0.4, 0.5) is 0 Å². The SMILES string of the molecule is COCCC(C)C(=O)c1cccc(OC)c1OC. The largest absolute Gasteiger partial charge is 0.493 e. The number of carbonyl (C=O) groups is 1. The highest BCUT2D eigenvalue weighted by atomic mass is 16.5. The van der Waals surface area contributed by atoms with Gasteiger partial charge in [-0.25, -0.2) is 0 Å². The van der Waals surface area contributed by atoms with Crippen LogP contribution in [0.5, 0.6) is 11.5 Å². The smallest absolute Gasteiger partial charge is 0.171 e. The van der Waals surface area contributed by atoms with Crippen molar-refractivity contribution >= 4 is 5.78 Å². The van der Waals surface area contributed by atoms with Gasteiger partial charge in [0.25, 0.3) is 0 Å². The molecule has 0 saturated carbocycles. The molecule has 4 nitrogen and oxygen atoms in total. The van der Waals surface area contributed by atoms with Crippen molar-refractivity contribution in [3.05, 3.63) is 23.8 Å². The Morgan fingerprint density at radius 3 is 2.50 bits per heavy atom. The van der Waals surface area contributed by atoms with Crippen LogP contribution in [0, 0.1) is 5.92 Å². The summed E-state index contributed by atoms with van der Waals surface area (Å²) in [4.78, 5) is 12.3. The monoisotopic (exact) mass is 252 g/mol. The fraction of sp³-hybridized carbons (Fsp3) is 0.500. The molecule has 0 saturated heterocycles. The Kier molecular flexibility index (Phi) is 5.65. The third kappa shape index (κ3) is 3.23. The minimum atomic E-state index is -0.106. The highest BCUT2D eigenvalue weighted by molar-refractivity contribution is 6.00. The lowest BCUT2D eigenvalue weighted by atomic mass is 9.96. The van der Waals surface area contributed by atoms with Gasteiger partial charge in [-0.2, -0.15) is 0 Å². The van der Waals surface area contributed by atoms with Gasteiger partial charge in [0.15, 0.2) is 17.3 Å². The van der Waals surface area contributed by atoms with Crippen LogP contribution in [0.1, 0.15) is 23.7 Å². The van der Waals surface area contributed by atoms with Gasteiger partial charge in [0.05, 0.1) is 19.8 Å². The molecule has 18 heavy (non-hydrogen) atoms. The van der Waals surface area contributed by atoms with Crippen LogP contribution in [0.25, 0.3) is 0 Å². The summed E-state index contributed by atoms with van der Waals surface area (Å²) in [5, 5.41) is 0. The molecule has 0 heterocycles. The minimum Gasteiger partial charge on any atom is -0.493 e. The summed E-state index contributed by atoms with van der Waals surface area (Å²) < 4.78 is 15.4. The van der Waals surface area contributed by atoms with E-state index in [1.807, 2.05) is 6.92 Å². The summed E-state index contributed by atoms with van der Waals surface area (Å²) >= 11 is 0. The Bertz CT molecular complexity index is 401. The van der Waals surface area contributed by atoms with E-state index < -0.39 is 0 Å². The van der Waals surface area contributed by atoms with Crippen LogP contribution >= 0.6 is 0 Å². The molecule has 0 spiro atoms. The molecule has 0 fully saturated rings. The zero-order valence-electron chi connectivity index (χ0n) is 11.4. The van der Waals surface area contributed by atoms with E-state index in [9.17, 15) is 4.79 Å². The molecule has 0 radical (unpaired) electrons. The Morgan fingerprint density at radius 2 is 1.94 bits per heavy atom. The van der Waals surface area contributed by atoms with Gasteiger partial charge < -0.3 is 14.2 Å². The summed E-state index contributed by atoms with van der Waals surface area (Å²) in [6.45, 7) is 2.46. The van der Waals surface area contributed by atoms with Crippen LogP contribution < -0.4 is 9.47 Å². The van der Waals surface area contributed by atoms with Crippen molar-refractivity contribution in [1.29, 1.82) is 0 Å². The fourth-order valence-corrected chi connectivity index (χ4v) is 1.77. The van der Waals surface area contributed by atoms with Crippen molar-refractivity contribution in [2.45, 2.75) is 13.3 Å². The van der Waals surface area contributed by atoms with Crippen molar-refractivity contribution in [2.75, 3.05) is 27.9 Å². The van der Waals surface area contributed by atoms with Crippen molar-refractivity contribution in [3.8, 4) is 11.5 Å². The zero-order valence-corrected chi connectivity index (χ0v) is 11.4. The van der Waals surface area contributed by atoms with Crippen molar-refractivity contribution in [2.24, 2.45) is 5.92 Å². The number of carbonyl (C=O) groups excluding carboxylic acids is 1. The average Bonchev–Trinajstić information content (AvgIpc) is 2.42. The number of hydrogen-bond donors (Lipinski definition) is 0. The molecular formula is C14H20O4. The summed E-state index contributed by atoms with van der Waals surface area (Å²) in [7, 11) is 4.72. The van der Waals surface area contributed by atoms with Gasteiger partial charge in [-0.15, -0.1) is 0 Å². The quantitative estimate of drug-likeness (QED) is 0.700. The third-order valence-electron chi connectivity index (χ3n) is 2.87. The number of ketones is 1. The molecule has 0 bridgehead atoms. The van der Waals surface area contributed by atoms with E-state index in [1.165, 1.54) is 7.11 Å². The van der Waals surface area contributed by atoms with E-state index in [4.69, 9.17) is 14.2 Å². The van der Waals surface area contributed by atoms with Crippen LogP contribution in [0.3, 0.4) is 0 Å². The predicted octanol–water partition coefficient (Wildman–Crippen LogP) is 2.56. The minimum absolute atomic E-state index is 0.0443. The lowest BCUT2D eigenvalue weighted by Gasteiger charge is -2.15. The van der Waals surface area contributed by atoms with E-state index in [0.717, 1.165) is 0 Å². The lowest BCUT2D eigenvalue weighted by Crippen LogP contribution is -2.14. The van der Waals surface area contributed by atoms with Crippen molar-refractivity contribution < 1.29 is 19.0 Å². The Morgan fingerprint density at radius 1 is 1.22 bits per heavy atom. The van der Waals surface area contributed by atoms with Gasteiger partial charge in [0.1, 0.15) is 0 Å². The Labute approximate surface area is 108 Å². The van der Waals surface area contributed by atoms with E-state index in [-0.39, 0.29) is 11.7 Å². The second-order valence-corrected chi connectivity index (χ2v) is 4.09. The lowest BCUT2D eigenvalue weighted by molar-refractivity contribution is 0.0890. The maximum Gasteiger partial charge on any atom is 0.171 e. The number of ether oxygens (including phenoxy) is 3. The summed E-state index contributed by atoms with van der Waals surface area (Å²) in [6.07, 6.45) is 0.690. The summed E-state index contributed by atoms with van der Waals surface area (Å²) in [6, 6.07) is 5.32. The van der Waals surface area contributed by atoms with E-state index in [0.29, 0.717) is 30.1 Å². The van der Waals surface area contributed by atoms with Gasteiger partial charge in [-0.05, 0) is 18.6 Å². The number of methoxy groups -OCH3 is 3. The van der Waals surface area contributed by atoms with Gasteiger partial charge >= 0.3 is 0 Å². The maximum absolute atomic E-state index is 12.3. The predicted molar refractivity (Wildman–Crippen MR) is 69.5 cm³/mol. The standard InChI is InChI=1S/C14H20O4/c1-10(8-9-16-2)13(15)11-6-5-7-12(17-3)14(11)18-4/h5-7,10H,8-9H2,1-4H3. The maximum atomic E-state index is 12.3. The molecular weight excluding hydrogens is 232 g/mol. The van der Waals surface area contributed by atoms with Crippen molar-refractivity contribution in [3.63, 3.8) is 0 Å². The molecule has 0 aliphatic heterocycles. The van der Waals surface area contributed by atoms with Gasteiger partial charge in [-0.3, -0.25) is 4.79 Å². The van der Waals surface area contributed by atoms with Gasteiger partial charge in [0, 0.05) is 19.6 Å². The molecule has 0 amide bonds. The molecule has 1 aromatic carbocycles. The molecule has 0 N–H and O–H groups in total. The Balaban J connectivity index is 2.97. The first kappa shape index (κ1) is 14.5. The molecule has 0 aromatic heterocycles. The molecule has 0 aliphatic carbocycles. The van der Waals surface area contributed by atoms with E-state index in [2.05, 4.69) is 0 Å². The summed E-state index contributed by atoms with van der Waals surface area (Å²) in [5.74, 6) is 1.00. The Hall–Kier alpha value is -1.55. The van der Waals surface area contributed by atoms with Crippen LogP contribution in [-0.4, -0.2) is 33.7 Å². The molecule has 4 heteroatoms. The highest BCUT2D eigenvalue weighted by Crippen LogP contribution is 2.32. The molecule has 100 valence electrons. The van der Waals surface area contributed by atoms with Crippen LogP contribution in [0.15, 0.2) is 18.2 Å².